The van der Waals surface area contributed by atoms with E-state index in [1.807, 2.05) is 6.07 Å². The Labute approximate surface area is 174 Å². The van der Waals surface area contributed by atoms with Crippen molar-refractivity contribution in [3.8, 4) is 11.5 Å². The van der Waals surface area contributed by atoms with E-state index in [2.05, 4.69) is 5.32 Å². The monoisotopic (exact) mass is 428 g/mol. The Balaban J connectivity index is 1.82. The van der Waals surface area contributed by atoms with Crippen molar-refractivity contribution >= 4 is 23.4 Å². The van der Waals surface area contributed by atoms with Gasteiger partial charge in [-0.05, 0) is 29.8 Å². The number of nitrogens with zero attached hydrogens (tertiary/aromatic N) is 1. The van der Waals surface area contributed by atoms with Gasteiger partial charge in [-0.1, -0.05) is 36.4 Å². The summed E-state index contributed by atoms with van der Waals surface area (Å²) in [6, 6.07) is 16.6. The predicted octanol–water partition coefficient (Wildman–Crippen LogP) is 6.06. The van der Waals surface area contributed by atoms with Crippen molar-refractivity contribution in [3.63, 3.8) is 0 Å². The maximum absolute atomic E-state index is 12.9. The second-order valence-electron chi connectivity index (χ2n) is 6.33. The van der Waals surface area contributed by atoms with Crippen molar-refractivity contribution in [2.75, 3.05) is 5.32 Å². The normalized spacial score (nSPS) is 11.3. The summed E-state index contributed by atoms with van der Waals surface area (Å²) in [6.45, 7) is 0. The van der Waals surface area contributed by atoms with E-state index in [4.69, 9.17) is 4.74 Å². The lowest BCUT2D eigenvalue weighted by molar-refractivity contribution is -0.384. The zero-order valence-electron chi connectivity index (χ0n) is 15.8. The molecule has 3 aromatic rings. The Hall–Kier alpha value is -4.14. The van der Waals surface area contributed by atoms with E-state index in [0.717, 1.165) is 35.9 Å². The Kier molecular flexibility index (Phi) is 6.35. The van der Waals surface area contributed by atoms with Crippen molar-refractivity contribution in [3.05, 3.63) is 100 Å². The highest BCUT2D eigenvalue weighted by Crippen LogP contribution is 2.34. The van der Waals surface area contributed by atoms with Gasteiger partial charge in [0.15, 0.2) is 0 Å². The van der Waals surface area contributed by atoms with Gasteiger partial charge >= 0.3 is 6.18 Å². The molecule has 0 saturated carbocycles. The van der Waals surface area contributed by atoms with Crippen LogP contribution in [0.25, 0.3) is 6.08 Å². The van der Waals surface area contributed by atoms with Gasteiger partial charge in [0.25, 0.3) is 5.69 Å². The average Bonchev–Trinajstić information content (AvgIpc) is 2.72. The van der Waals surface area contributed by atoms with E-state index in [1.165, 1.54) is 18.2 Å². The van der Waals surface area contributed by atoms with Crippen molar-refractivity contribution in [1.29, 1.82) is 0 Å². The summed E-state index contributed by atoms with van der Waals surface area (Å²) in [7, 11) is 0. The van der Waals surface area contributed by atoms with Gasteiger partial charge in [-0.2, -0.15) is 13.2 Å². The van der Waals surface area contributed by atoms with Crippen LogP contribution in [-0.2, 0) is 11.0 Å². The lowest BCUT2D eigenvalue weighted by atomic mass is 10.2. The molecule has 1 amide bonds. The molecule has 0 bridgehead atoms. The number of hydrogen-bond acceptors (Lipinski definition) is 4. The molecule has 0 aliphatic rings. The van der Waals surface area contributed by atoms with Crippen molar-refractivity contribution in [2.24, 2.45) is 0 Å². The van der Waals surface area contributed by atoms with Gasteiger partial charge in [0.1, 0.15) is 11.5 Å². The molecule has 3 rings (SSSR count). The van der Waals surface area contributed by atoms with E-state index in [9.17, 15) is 28.1 Å². The summed E-state index contributed by atoms with van der Waals surface area (Å²) >= 11 is 0. The molecule has 0 saturated heterocycles. The van der Waals surface area contributed by atoms with Gasteiger partial charge in [-0.3, -0.25) is 14.9 Å². The fourth-order valence-corrected chi connectivity index (χ4v) is 2.61. The molecule has 6 nitrogen and oxygen atoms in total. The van der Waals surface area contributed by atoms with Gasteiger partial charge in [0, 0.05) is 18.2 Å². The number of anilines is 1. The minimum absolute atomic E-state index is 0.0545. The molecule has 158 valence electrons. The number of hydrogen-bond donors (Lipinski definition) is 1. The average molecular weight is 428 g/mol. The fraction of sp³-hybridized carbons (Fsp3) is 0.0455. The summed E-state index contributed by atoms with van der Waals surface area (Å²) in [5.41, 5.74) is -0.481. The number of rotatable bonds is 6. The third-order valence-corrected chi connectivity index (χ3v) is 3.99. The fourth-order valence-electron chi connectivity index (χ4n) is 2.61. The van der Waals surface area contributed by atoms with Crippen LogP contribution in [0.3, 0.4) is 0 Å². The largest absolute Gasteiger partial charge is 0.457 e. The number of ether oxygens (including phenoxy) is 1. The smallest absolute Gasteiger partial charge is 0.416 e. The SMILES string of the molecule is O=C(C=Cc1ccccc1)Nc1cc(Oc2cccc(C(F)(F)F)c2)cc([N+](=O)[O-])c1. The highest BCUT2D eigenvalue weighted by atomic mass is 19.4. The summed E-state index contributed by atoms with van der Waals surface area (Å²) in [5, 5.41) is 13.7. The first-order valence-corrected chi connectivity index (χ1v) is 8.89. The van der Waals surface area contributed by atoms with Gasteiger partial charge in [0.05, 0.1) is 22.2 Å². The molecule has 0 aliphatic carbocycles. The van der Waals surface area contributed by atoms with E-state index < -0.39 is 28.3 Å². The molecular weight excluding hydrogens is 413 g/mol. The number of amides is 1. The topological polar surface area (TPSA) is 81.5 Å². The number of carbonyl (C=O) groups is 1. The maximum Gasteiger partial charge on any atom is 0.416 e. The van der Waals surface area contributed by atoms with Crippen LogP contribution >= 0.6 is 0 Å². The second-order valence-corrected chi connectivity index (χ2v) is 6.33. The molecule has 0 aliphatic heterocycles. The summed E-state index contributed by atoms with van der Waals surface area (Å²) in [4.78, 5) is 22.7. The van der Waals surface area contributed by atoms with Crippen LogP contribution in [0, 0.1) is 10.1 Å². The second kappa shape index (κ2) is 9.12. The minimum atomic E-state index is -4.56. The van der Waals surface area contributed by atoms with Gasteiger partial charge in [-0.25, -0.2) is 0 Å². The van der Waals surface area contributed by atoms with Gasteiger partial charge in [-0.15, -0.1) is 0 Å². The molecule has 0 aromatic heterocycles. The number of nitro groups is 1. The highest BCUT2D eigenvalue weighted by Gasteiger charge is 2.30. The minimum Gasteiger partial charge on any atom is -0.457 e. The predicted molar refractivity (Wildman–Crippen MR) is 109 cm³/mol. The summed E-state index contributed by atoms with van der Waals surface area (Å²) < 4.78 is 44.0. The molecule has 0 heterocycles. The molecule has 9 heteroatoms. The zero-order valence-corrected chi connectivity index (χ0v) is 15.8. The number of nitro benzene ring substituents is 1. The Morgan fingerprint density at radius 3 is 2.39 bits per heavy atom. The van der Waals surface area contributed by atoms with Gasteiger partial charge in [0.2, 0.25) is 5.91 Å². The molecular formula is C22H15F3N2O4. The first-order chi connectivity index (χ1) is 14.7. The number of non-ortho nitro benzene ring substituents is 1. The molecule has 0 unspecified atom stereocenters. The Morgan fingerprint density at radius 2 is 1.71 bits per heavy atom. The lowest BCUT2D eigenvalue weighted by Gasteiger charge is -2.11. The first-order valence-electron chi connectivity index (χ1n) is 8.89. The van der Waals surface area contributed by atoms with Crippen LogP contribution < -0.4 is 10.1 Å². The van der Waals surface area contributed by atoms with E-state index >= 15 is 0 Å². The van der Waals surface area contributed by atoms with Crippen LogP contribution in [0.4, 0.5) is 24.5 Å². The molecule has 0 radical (unpaired) electrons. The van der Waals surface area contributed by atoms with E-state index in [0.29, 0.717) is 0 Å². The maximum atomic E-state index is 12.9. The zero-order chi connectivity index (χ0) is 22.4. The van der Waals surface area contributed by atoms with E-state index in [-0.39, 0.29) is 17.2 Å². The number of halogens is 3. The third kappa shape index (κ3) is 6.17. The van der Waals surface area contributed by atoms with Gasteiger partial charge < -0.3 is 10.1 Å². The Morgan fingerprint density at radius 1 is 0.968 bits per heavy atom. The van der Waals surface area contributed by atoms with Crippen molar-refractivity contribution in [1.82, 2.24) is 0 Å². The Bertz CT molecular complexity index is 1130. The van der Waals surface area contributed by atoms with Crippen LogP contribution in [0.2, 0.25) is 0 Å². The highest BCUT2D eigenvalue weighted by molar-refractivity contribution is 6.02. The van der Waals surface area contributed by atoms with Crippen LogP contribution in [-0.4, -0.2) is 10.8 Å². The molecule has 0 spiro atoms. The van der Waals surface area contributed by atoms with Crippen LogP contribution in [0.5, 0.6) is 11.5 Å². The number of benzene rings is 3. The molecule has 3 aromatic carbocycles. The van der Waals surface area contributed by atoms with Crippen LogP contribution in [0.15, 0.2) is 78.9 Å². The van der Waals surface area contributed by atoms with Crippen LogP contribution in [0.1, 0.15) is 11.1 Å². The standard InChI is InChI=1S/C22H15F3N2O4/c23-22(24,25)16-7-4-8-19(11-16)31-20-13-17(12-18(14-20)27(29)30)26-21(28)10-9-15-5-2-1-3-6-15/h1-14H,(H,26,28). The molecule has 1 N–H and O–H groups in total. The number of carbonyl (C=O) groups excluding carboxylic acids is 1. The van der Waals surface area contributed by atoms with Crippen molar-refractivity contribution in [2.45, 2.75) is 6.18 Å². The number of nitrogens with one attached hydrogen (secondary N) is 1. The lowest BCUT2D eigenvalue weighted by Crippen LogP contribution is -2.08. The molecule has 31 heavy (non-hydrogen) atoms. The summed E-state index contributed by atoms with van der Waals surface area (Å²) in [6.07, 6.45) is -1.75. The first kappa shape index (κ1) is 21.6. The molecule has 0 atom stereocenters. The molecule has 0 fully saturated rings. The summed E-state index contributed by atoms with van der Waals surface area (Å²) in [5.74, 6) is -0.804. The number of alkyl halides is 3. The quantitative estimate of drug-likeness (QED) is 0.294. The van der Waals surface area contributed by atoms with Crippen molar-refractivity contribution < 1.29 is 27.6 Å². The van der Waals surface area contributed by atoms with E-state index in [1.54, 1.807) is 30.3 Å². The third-order valence-electron chi connectivity index (χ3n) is 3.99.